The molecule has 1 heterocycles. The Labute approximate surface area is 96.4 Å². The molecule has 0 aromatic rings. The van der Waals surface area contributed by atoms with E-state index in [4.69, 9.17) is 11.6 Å². The molecule has 86 valence electrons. The van der Waals surface area contributed by atoms with Crippen molar-refractivity contribution < 1.29 is 4.79 Å². The van der Waals surface area contributed by atoms with E-state index in [1.807, 2.05) is 11.8 Å². The first-order valence-electron chi connectivity index (χ1n) is 5.89. The van der Waals surface area contributed by atoms with Crippen molar-refractivity contribution in [2.75, 3.05) is 26.2 Å². The first kappa shape index (κ1) is 11.2. The average Bonchev–Trinajstić information content (AvgIpc) is 3.11. The predicted octanol–water partition coefficient (Wildman–Crippen LogP) is 1.31. The molecule has 4 heteroatoms. The van der Waals surface area contributed by atoms with Gasteiger partial charge >= 0.3 is 0 Å². The van der Waals surface area contributed by atoms with Crippen molar-refractivity contribution in [1.29, 1.82) is 0 Å². The van der Waals surface area contributed by atoms with Crippen molar-refractivity contribution >= 4 is 17.5 Å². The molecule has 2 rings (SSSR count). The molecule has 1 atom stereocenters. The third kappa shape index (κ3) is 2.64. The molecule has 1 saturated carbocycles. The minimum absolute atomic E-state index is 0.120. The second kappa shape index (κ2) is 4.71. The van der Waals surface area contributed by atoms with Gasteiger partial charge in [0, 0.05) is 32.2 Å². The highest BCUT2D eigenvalue weighted by molar-refractivity contribution is 6.30. The first-order chi connectivity index (χ1) is 7.22. The number of halogens is 1. The van der Waals surface area contributed by atoms with E-state index in [2.05, 4.69) is 4.90 Å². The summed E-state index contributed by atoms with van der Waals surface area (Å²) in [5, 5.41) is -0.322. The van der Waals surface area contributed by atoms with Crippen molar-refractivity contribution in [3.05, 3.63) is 0 Å². The van der Waals surface area contributed by atoms with E-state index in [1.54, 1.807) is 0 Å². The van der Waals surface area contributed by atoms with Crippen LogP contribution in [0.15, 0.2) is 0 Å². The van der Waals surface area contributed by atoms with E-state index in [0.29, 0.717) is 0 Å². The van der Waals surface area contributed by atoms with Gasteiger partial charge in [0.15, 0.2) is 0 Å². The third-order valence-electron chi connectivity index (χ3n) is 3.32. The van der Waals surface area contributed by atoms with Crippen molar-refractivity contribution in [1.82, 2.24) is 9.80 Å². The van der Waals surface area contributed by atoms with E-state index in [0.717, 1.165) is 38.6 Å². The molecule has 1 unspecified atom stereocenters. The van der Waals surface area contributed by atoms with Gasteiger partial charge in [0.05, 0.1) is 0 Å². The Kier molecular flexibility index (Phi) is 3.52. The van der Waals surface area contributed by atoms with Gasteiger partial charge in [-0.25, -0.2) is 0 Å². The molecule has 1 amide bonds. The molecule has 0 spiro atoms. The molecule has 3 nitrogen and oxygen atoms in total. The van der Waals surface area contributed by atoms with Crippen molar-refractivity contribution in [3.63, 3.8) is 0 Å². The zero-order valence-corrected chi connectivity index (χ0v) is 10.0. The van der Waals surface area contributed by atoms with Crippen molar-refractivity contribution in [2.24, 2.45) is 0 Å². The molecule has 2 aliphatic rings. The standard InChI is InChI=1S/C11H19ClN2O/c1-2-10(12)11(15)14-7-5-13(6-8-14)9-3-4-9/h9-10H,2-8H2,1H3. The number of alkyl halides is 1. The lowest BCUT2D eigenvalue weighted by atomic mass is 10.2. The Morgan fingerprint density at radius 1 is 1.33 bits per heavy atom. The summed E-state index contributed by atoms with van der Waals surface area (Å²) in [7, 11) is 0. The average molecular weight is 231 g/mol. The number of piperazine rings is 1. The van der Waals surface area contributed by atoms with Gasteiger partial charge in [-0.2, -0.15) is 0 Å². The van der Waals surface area contributed by atoms with E-state index in [1.165, 1.54) is 12.8 Å². The number of carbonyl (C=O) groups excluding carboxylic acids is 1. The lowest BCUT2D eigenvalue weighted by Gasteiger charge is -2.35. The molecule has 2 fully saturated rings. The van der Waals surface area contributed by atoms with Crippen molar-refractivity contribution in [3.8, 4) is 0 Å². The summed E-state index contributed by atoms with van der Waals surface area (Å²) in [6.45, 7) is 5.74. The zero-order valence-electron chi connectivity index (χ0n) is 9.29. The highest BCUT2D eigenvalue weighted by Crippen LogP contribution is 2.27. The van der Waals surface area contributed by atoms with E-state index in [9.17, 15) is 4.79 Å². The summed E-state index contributed by atoms with van der Waals surface area (Å²) in [6, 6.07) is 0.820. The van der Waals surface area contributed by atoms with Gasteiger partial charge in [0.25, 0.3) is 0 Å². The molecule has 1 aliphatic carbocycles. The maximum Gasteiger partial charge on any atom is 0.240 e. The second-order valence-corrected chi connectivity index (χ2v) is 5.00. The molecule has 15 heavy (non-hydrogen) atoms. The smallest absolute Gasteiger partial charge is 0.240 e. The minimum Gasteiger partial charge on any atom is -0.339 e. The summed E-state index contributed by atoms with van der Waals surface area (Å²) < 4.78 is 0. The number of amides is 1. The van der Waals surface area contributed by atoms with Crippen LogP contribution < -0.4 is 0 Å². The lowest BCUT2D eigenvalue weighted by molar-refractivity contribution is -0.132. The Morgan fingerprint density at radius 2 is 1.93 bits per heavy atom. The van der Waals surface area contributed by atoms with Gasteiger partial charge in [-0.15, -0.1) is 11.6 Å². The summed E-state index contributed by atoms with van der Waals surface area (Å²) in [5.74, 6) is 0.120. The van der Waals surface area contributed by atoms with Gasteiger partial charge in [-0.05, 0) is 19.3 Å². The van der Waals surface area contributed by atoms with Crippen LogP contribution >= 0.6 is 11.6 Å². The number of carbonyl (C=O) groups is 1. The van der Waals surface area contributed by atoms with Gasteiger partial charge in [0.2, 0.25) is 5.91 Å². The monoisotopic (exact) mass is 230 g/mol. The SMILES string of the molecule is CCC(Cl)C(=O)N1CCN(C2CC2)CC1. The Bertz CT molecular complexity index is 235. The van der Waals surface area contributed by atoms with Gasteiger partial charge in [-0.1, -0.05) is 6.92 Å². The van der Waals surface area contributed by atoms with Gasteiger partial charge in [0.1, 0.15) is 5.38 Å². The lowest BCUT2D eigenvalue weighted by Crippen LogP contribution is -2.51. The fourth-order valence-corrected chi connectivity index (χ4v) is 2.26. The minimum atomic E-state index is -0.322. The fourth-order valence-electron chi connectivity index (χ4n) is 2.12. The fraction of sp³-hybridized carbons (Fsp3) is 0.909. The normalized spacial score (nSPS) is 25.3. The number of rotatable bonds is 3. The summed E-state index contributed by atoms with van der Waals surface area (Å²) in [6.07, 6.45) is 3.42. The summed E-state index contributed by atoms with van der Waals surface area (Å²) in [4.78, 5) is 16.2. The van der Waals surface area contributed by atoms with Crippen LogP contribution in [-0.2, 0) is 4.79 Å². The van der Waals surface area contributed by atoms with Crippen LogP contribution in [0.25, 0.3) is 0 Å². The van der Waals surface area contributed by atoms with Gasteiger partial charge in [-0.3, -0.25) is 9.69 Å². The molecular formula is C11H19ClN2O. The Hall–Kier alpha value is -0.280. The zero-order chi connectivity index (χ0) is 10.8. The summed E-state index contributed by atoms with van der Waals surface area (Å²) in [5.41, 5.74) is 0. The largest absolute Gasteiger partial charge is 0.339 e. The maximum atomic E-state index is 11.8. The molecular weight excluding hydrogens is 212 g/mol. The highest BCUT2D eigenvalue weighted by atomic mass is 35.5. The molecule has 0 N–H and O–H groups in total. The highest BCUT2D eigenvalue weighted by Gasteiger charge is 2.33. The van der Waals surface area contributed by atoms with Crippen LogP contribution in [0, 0.1) is 0 Å². The number of hydrogen-bond acceptors (Lipinski definition) is 2. The number of hydrogen-bond donors (Lipinski definition) is 0. The van der Waals surface area contributed by atoms with E-state index >= 15 is 0 Å². The van der Waals surface area contributed by atoms with Gasteiger partial charge < -0.3 is 4.90 Å². The maximum absolute atomic E-state index is 11.8. The number of nitrogens with zero attached hydrogens (tertiary/aromatic N) is 2. The Morgan fingerprint density at radius 3 is 2.40 bits per heavy atom. The Balaban J connectivity index is 1.79. The molecule has 0 aromatic heterocycles. The van der Waals surface area contributed by atoms with Crippen LogP contribution in [0.2, 0.25) is 0 Å². The quantitative estimate of drug-likeness (QED) is 0.683. The molecule has 0 radical (unpaired) electrons. The molecule has 1 aliphatic heterocycles. The third-order valence-corrected chi connectivity index (χ3v) is 3.81. The molecule has 0 bridgehead atoms. The summed E-state index contributed by atoms with van der Waals surface area (Å²) >= 11 is 5.96. The van der Waals surface area contributed by atoms with Crippen LogP contribution in [0.3, 0.4) is 0 Å². The van der Waals surface area contributed by atoms with Crippen LogP contribution in [0.1, 0.15) is 26.2 Å². The molecule has 0 aromatic carbocycles. The van der Waals surface area contributed by atoms with Crippen LogP contribution in [0.5, 0.6) is 0 Å². The van der Waals surface area contributed by atoms with Crippen LogP contribution in [-0.4, -0.2) is 53.3 Å². The predicted molar refractivity (Wildman–Crippen MR) is 61.1 cm³/mol. The van der Waals surface area contributed by atoms with Crippen molar-refractivity contribution in [2.45, 2.75) is 37.6 Å². The van der Waals surface area contributed by atoms with E-state index in [-0.39, 0.29) is 11.3 Å². The first-order valence-corrected chi connectivity index (χ1v) is 6.33. The second-order valence-electron chi connectivity index (χ2n) is 4.47. The topological polar surface area (TPSA) is 23.6 Å². The van der Waals surface area contributed by atoms with E-state index < -0.39 is 0 Å². The van der Waals surface area contributed by atoms with Crippen LogP contribution in [0.4, 0.5) is 0 Å². The molecule has 1 saturated heterocycles.